The van der Waals surface area contributed by atoms with Gasteiger partial charge < -0.3 is 15.0 Å². The summed E-state index contributed by atoms with van der Waals surface area (Å²) in [6.07, 6.45) is 2.19. The van der Waals surface area contributed by atoms with E-state index in [2.05, 4.69) is 5.32 Å². The van der Waals surface area contributed by atoms with Gasteiger partial charge in [-0.15, -0.1) is 0 Å². The molecule has 1 amide bonds. The number of carbonyl (C=O) groups is 1. The highest BCUT2D eigenvalue weighted by Gasteiger charge is 2.18. The highest BCUT2D eigenvalue weighted by molar-refractivity contribution is 6.30. The van der Waals surface area contributed by atoms with Crippen LogP contribution in [0.3, 0.4) is 0 Å². The molecule has 19 heavy (non-hydrogen) atoms. The van der Waals surface area contributed by atoms with Crippen LogP contribution in [0, 0.1) is 0 Å². The largest absolute Gasteiger partial charge is 0.483 e. The number of amides is 1. The van der Waals surface area contributed by atoms with E-state index in [1.165, 1.54) is 0 Å². The zero-order valence-electron chi connectivity index (χ0n) is 11.1. The number of hydrogen-bond donors (Lipinski definition) is 1. The summed E-state index contributed by atoms with van der Waals surface area (Å²) in [7, 11) is 1.86. The van der Waals surface area contributed by atoms with Crippen molar-refractivity contribution in [2.45, 2.75) is 19.4 Å². The molecule has 1 aliphatic rings. The van der Waals surface area contributed by atoms with Gasteiger partial charge in [-0.05, 0) is 38.1 Å². The molecule has 104 valence electrons. The van der Waals surface area contributed by atoms with Gasteiger partial charge in [0, 0.05) is 30.2 Å². The van der Waals surface area contributed by atoms with Crippen LogP contribution < -0.4 is 10.1 Å². The van der Waals surface area contributed by atoms with E-state index in [1.54, 1.807) is 6.07 Å². The van der Waals surface area contributed by atoms with Crippen LogP contribution in [0.1, 0.15) is 18.4 Å². The van der Waals surface area contributed by atoms with Crippen LogP contribution in [-0.4, -0.2) is 37.6 Å². The lowest BCUT2D eigenvalue weighted by Gasteiger charge is -2.17. The molecule has 5 heteroatoms. The van der Waals surface area contributed by atoms with Gasteiger partial charge >= 0.3 is 0 Å². The Kier molecular flexibility index (Phi) is 5.05. The van der Waals surface area contributed by atoms with Crippen LogP contribution in [0.2, 0.25) is 5.02 Å². The molecule has 0 aromatic heterocycles. The molecule has 1 aromatic carbocycles. The molecule has 0 spiro atoms. The SMILES string of the molecule is CNCc1cc(Cl)ccc1OCC(=O)N1CCCC1. The molecule has 1 fully saturated rings. The fourth-order valence-electron chi connectivity index (χ4n) is 2.21. The first-order valence-corrected chi connectivity index (χ1v) is 6.92. The Balaban J connectivity index is 1.96. The minimum atomic E-state index is 0.0582. The van der Waals surface area contributed by atoms with Crippen LogP contribution >= 0.6 is 11.6 Å². The molecule has 1 aliphatic heterocycles. The van der Waals surface area contributed by atoms with E-state index in [0.29, 0.717) is 17.3 Å². The van der Waals surface area contributed by atoms with E-state index in [-0.39, 0.29) is 12.5 Å². The fraction of sp³-hybridized carbons (Fsp3) is 0.500. The average molecular weight is 283 g/mol. The lowest BCUT2D eigenvalue weighted by atomic mass is 10.2. The van der Waals surface area contributed by atoms with Crippen LogP contribution in [0.4, 0.5) is 0 Å². The molecule has 0 saturated carbocycles. The van der Waals surface area contributed by atoms with Crippen molar-refractivity contribution in [3.05, 3.63) is 28.8 Å². The van der Waals surface area contributed by atoms with Gasteiger partial charge in [0.1, 0.15) is 5.75 Å². The van der Waals surface area contributed by atoms with Gasteiger partial charge in [0.2, 0.25) is 0 Å². The summed E-state index contributed by atoms with van der Waals surface area (Å²) in [6, 6.07) is 5.44. The Bertz CT molecular complexity index is 445. The third kappa shape index (κ3) is 3.85. The maximum absolute atomic E-state index is 11.9. The second kappa shape index (κ2) is 6.78. The minimum absolute atomic E-state index is 0.0582. The van der Waals surface area contributed by atoms with E-state index in [4.69, 9.17) is 16.3 Å². The van der Waals surface area contributed by atoms with Gasteiger partial charge in [0.15, 0.2) is 6.61 Å². The Morgan fingerprint density at radius 2 is 2.16 bits per heavy atom. The quantitative estimate of drug-likeness (QED) is 0.899. The standard InChI is InChI=1S/C14H19ClN2O2/c1-16-9-11-8-12(15)4-5-13(11)19-10-14(18)17-6-2-3-7-17/h4-5,8,16H,2-3,6-7,9-10H2,1H3. The number of nitrogens with zero attached hydrogens (tertiary/aromatic N) is 1. The molecule has 0 aliphatic carbocycles. The van der Waals surface area contributed by atoms with Crippen molar-refractivity contribution in [2.24, 2.45) is 0 Å². The van der Waals surface area contributed by atoms with Gasteiger partial charge in [0.05, 0.1) is 0 Å². The van der Waals surface area contributed by atoms with E-state index < -0.39 is 0 Å². The summed E-state index contributed by atoms with van der Waals surface area (Å²) in [5, 5.41) is 3.73. The van der Waals surface area contributed by atoms with Gasteiger partial charge in [-0.25, -0.2) is 0 Å². The normalized spacial score (nSPS) is 14.7. The maximum atomic E-state index is 11.9. The number of carbonyl (C=O) groups excluding carboxylic acids is 1. The molecule has 1 N–H and O–H groups in total. The van der Waals surface area contributed by atoms with E-state index in [9.17, 15) is 4.79 Å². The van der Waals surface area contributed by atoms with Crippen molar-refractivity contribution in [3.63, 3.8) is 0 Å². The minimum Gasteiger partial charge on any atom is -0.483 e. The Hall–Kier alpha value is -1.26. The Morgan fingerprint density at radius 1 is 1.42 bits per heavy atom. The van der Waals surface area contributed by atoms with Gasteiger partial charge in [0.25, 0.3) is 5.91 Å². The van der Waals surface area contributed by atoms with E-state index in [0.717, 1.165) is 31.5 Å². The molecule has 0 radical (unpaired) electrons. The summed E-state index contributed by atoms with van der Waals surface area (Å²) in [5.41, 5.74) is 0.962. The lowest BCUT2D eigenvalue weighted by molar-refractivity contribution is -0.132. The van der Waals surface area contributed by atoms with Gasteiger partial charge in [-0.3, -0.25) is 4.79 Å². The van der Waals surface area contributed by atoms with E-state index in [1.807, 2.05) is 24.1 Å². The van der Waals surface area contributed by atoms with Crippen molar-refractivity contribution in [1.29, 1.82) is 0 Å². The molecular formula is C14H19ClN2O2. The smallest absolute Gasteiger partial charge is 0.260 e. The van der Waals surface area contributed by atoms with Crippen molar-refractivity contribution in [1.82, 2.24) is 10.2 Å². The van der Waals surface area contributed by atoms with Crippen LogP contribution in [0.15, 0.2) is 18.2 Å². The molecule has 0 bridgehead atoms. The molecule has 0 atom stereocenters. The van der Waals surface area contributed by atoms with Crippen molar-refractivity contribution in [2.75, 3.05) is 26.7 Å². The predicted octanol–water partition coefficient (Wildman–Crippen LogP) is 2.06. The molecule has 1 heterocycles. The predicted molar refractivity (Wildman–Crippen MR) is 75.5 cm³/mol. The first-order valence-electron chi connectivity index (χ1n) is 6.54. The second-order valence-corrected chi connectivity index (χ2v) is 5.10. The highest BCUT2D eigenvalue weighted by Crippen LogP contribution is 2.23. The number of nitrogens with one attached hydrogen (secondary N) is 1. The number of ether oxygens (including phenoxy) is 1. The zero-order chi connectivity index (χ0) is 13.7. The average Bonchev–Trinajstić information content (AvgIpc) is 2.92. The summed E-state index contributed by atoms with van der Waals surface area (Å²) < 4.78 is 5.63. The number of rotatable bonds is 5. The lowest BCUT2D eigenvalue weighted by Crippen LogP contribution is -2.32. The molecule has 1 saturated heterocycles. The third-order valence-electron chi connectivity index (χ3n) is 3.20. The van der Waals surface area contributed by atoms with Crippen molar-refractivity contribution < 1.29 is 9.53 Å². The van der Waals surface area contributed by atoms with Gasteiger partial charge in [-0.1, -0.05) is 11.6 Å². The van der Waals surface area contributed by atoms with Crippen LogP contribution in [0.25, 0.3) is 0 Å². The van der Waals surface area contributed by atoms with E-state index >= 15 is 0 Å². The maximum Gasteiger partial charge on any atom is 0.260 e. The number of benzene rings is 1. The van der Waals surface area contributed by atoms with Crippen LogP contribution in [0.5, 0.6) is 5.75 Å². The Morgan fingerprint density at radius 3 is 2.84 bits per heavy atom. The number of halogens is 1. The summed E-state index contributed by atoms with van der Waals surface area (Å²) in [4.78, 5) is 13.8. The van der Waals surface area contributed by atoms with Crippen LogP contribution in [-0.2, 0) is 11.3 Å². The molecular weight excluding hydrogens is 264 g/mol. The zero-order valence-corrected chi connectivity index (χ0v) is 11.9. The third-order valence-corrected chi connectivity index (χ3v) is 3.43. The van der Waals surface area contributed by atoms with Gasteiger partial charge in [-0.2, -0.15) is 0 Å². The fourth-order valence-corrected chi connectivity index (χ4v) is 2.41. The number of hydrogen-bond acceptors (Lipinski definition) is 3. The highest BCUT2D eigenvalue weighted by atomic mass is 35.5. The second-order valence-electron chi connectivity index (χ2n) is 4.66. The topological polar surface area (TPSA) is 41.6 Å². The monoisotopic (exact) mass is 282 g/mol. The summed E-state index contributed by atoms with van der Waals surface area (Å²) in [5.74, 6) is 0.772. The first kappa shape index (κ1) is 14.2. The number of likely N-dealkylation sites (tertiary alicyclic amines) is 1. The molecule has 2 rings (SSSR count). The molecule has 0 unspecified atom stereocenters. The summed E-state index contributed by atoms with van der Waals surface area (Å²) >= 11 is 5.96. The molecule has 1 aromatic rings. The Labute approximate surface area is 118 Å². The molecule has 4 nitrogen and oxygen atoms in total. The van der Waals surface area contributed by atoms with Crippen molar-refractivity contribution >= 4 is 17.5 Å². The first-order chi connectivity index (χ1) is 9.20. The van der Waals surface area contributed by atoms with Crippen molar-refractivity contribution in [3.8, 4) is 5.75 Å². The summed E-state index contributed by atoms with van der Waals surface area (Å²) in [6.45, 7) is 2.46.